The Morgan fingerprint density at radius 2 is 1.25 bits per heavy atom. The Morgan fingerprint density at radius 3 is 2.00 bits per heavy atom. The Balaban J connectivity index is 1.83. The molecule has 0 spiro atoms. The number of hydrogen-bond donors (Lipinski definition) is 0. The van der Waals surface area contributed by atoms with E-state index in [1.165, 1.54) is 0 Å². The number of ether oxygens (including phenoxy) is 4. The van der Waals surface area contributed by atoms with Gasteiger partial charge in [-0.2, -0.15) is 0 Å². The number of fused-ring (bicyclic) bond motifs is 1. The van der Waals surface area contributed by atoms with Crippen molar-refractivity contribution >= 4 is 10.9 Å². The van der Waals surface area contributed by atoms with Crippen LogP contribution in [-0.2, 0) is 0 Å². The largest absolute Gasteiger partial charge is 0.493 e. The number of rotatable bonds is 8. The smallest absolute Gasteiger partial charge is 0.161 e. The molecule has 6 nitrogen and oxygen atoms in total. The van der Waals surface area contributed by atoms with E-state index >= 15 is 0 Å². The third kappa shape index (κ3) is 4.17. The van der Waals surface area contributed by atoms with Crippen molar-refractivity contribution in [1.29, 1.82) is 0 Å². The lowest BCUT2D eigenvalue weighted by molar-refractivity contribution is 0.288. The first-order valence-corrected chi connectivity index (χ1v) is 10.6. The predicted molar refractivity (Wildman–Crippen MR) is 126 cm³/mol. The van der Waals surface area contributed by atoms with E-state index in [1.54, 1.807) is 20.5 Å². The van der Waals surface area contributed by atoms with E-state index in [0.29, 0.717) is 30.5 Å². The molecule has 0 amide bonds. The lowest BCUT2D eigenvalue weighted by Crippen LogP contribution is -1.99. The first kappa shape index (κ1) is 21.4. The molecule has 164 valence electrons. The summed E-state index contributed by atoms with van der Waals surface area (Å²) < 4.78 is 22.4. The molecule has 0 aliphatic carbocycles. The standard InChI is InChI=1S/C26H26N2O4/c1-5-31-23-12-9-19(15-25(23)32-6-2)26-20-13-17(7-10-21(20)27-16-28-26)18-8-11-22(29-3)24(14-18)30-4/h7-16H,5-6H2,1-4H3. The van der Waals surface area contributed by atoms with Crippen molar-refractivity contribution in [3.63, 3.8) is 0 Å². The highest BCUT2D eigenvalue weighted by Gasteiger charge is 2.13. The fourth-order valence-corrected chi connectivity index (χ4v) is 3.68. The van der Waals surface area contributed by atoms with Gasteiger partial charge in [0.2, 0.25) is 0 Å². The summed E-state index contributed by atoms with van der Waals surface area (Å²) in [6, 6.07) is 17.9. The number of hydrogen-bond acceptors (Lipinski definition) is 6. The normalized spacial score (nSPS) is 10.8. The molecule has 32 heavy (non-hydrogen) atoms. The van der Waals surface area contributed by atoms with Crippen molar-refractivity contribution in [2.75, 3.05) is 27.4 Å². The summed E-state index contributed by atoms with van der Waals surface area (Å²) in [5.41, 5.74) is 4.69. The van der Waals surface area contributed by atoms with Crippen LogP contribution in [0.4, 0.5) is 0 Å². The lowest BCUT2D eigenvalue weighted by Gasteiger charge is -2.14. The number of nitrogens with zero attached hydrogens (tertiary/aromatic N) is 2. The Labute approximate surface area is 187 Å². The summed E-state index contributed by atoms with van der Waals surface area (Å²) in [6.45, 7) is 5.04. The van der Waals surface area contributed by atoms with Crippen LogP contribution in [0.5, 0.6) is 23.0 Å². The molecule has 0 radical (unpaired) electrons. The topological polar surface area (TPSA) is 62.7 Å². The van der Waals surface area contributed by atoms with E-state index in [4.69, 9.17) is 18.9 Å². The molecular weight excluding hydrogens is 404 g/mol. The highest BCUT2D eigenvalue weighted by molar-refractivity contribution is 5.95. The lowest BCUT2D eigenvalue weighted by atomic mass is 10.00. The molecule has 0 aliphatic heterocycles. The van der Waals surface area contributed by atoms with Crippen LogP contribution in [-0.4, -0.2) is 37.4 Å². The van der Waals surface area contributed by atoms with Gasteiger partial charge in [-0.25, -0.2) is 9.97 Å². The van der Waals surface area contributed by atoms with Gasteiger partial charge in [0.15, 0.2) is 23.0 Å². The van der Waals surface area contributed by atoms with Gasteiger partial charge in [-0.15, -0.1) is 0 Å². The van der Waals surface area contributed by atoms with Crippen molar-refractivity contribution in [1.82, 2.24) is 9.97 Å². The Hall–Kier alpha value is -3.80. The molecule has 0 saturated heterocycles. The van der Waals surface area contributed by atoms with Crippen molar-refractivity contribution < 1.29 is 18.9 Å². The number of aromatic nitrogens is 2. The van der Waals surface area contributed by atoms with Crippen LogP contribution < -0.4 is 18.9 Å². The molecule has 1 heterocycles. The average Bonchev–Trinajstić information content (AvgIpc) is 2.84. The summed E-state index contributed by atoms with van der Waals surface area (Å²) in [7, 11) is 3.26. The fraction of sp³-hybridized carbons (Fsp3) is 0.231. The quantitative estimate of drug-likeness (QED) is 0.353. The molecule has 3 aromatic carbocycles. The van der Waals surface area contributed by atoms with Crippen LogP contribution in [0.25, 0.3) is 33.3 Å². The van der Waals surface area contributed by atoms with Crippen molar-refractivity contribution in [2.24, 2.45) is 0 Å². The number of benzene rings is 3. The van der Waals surface area contributed by atoms with E-state index in [9.17, 15) is 0 Å². The summed E-state index contributed by atoms with van der Waals surface area (Å²) in [6.07, 6.45) is 1.59. The molecule has 0 bridgehead atoms. The highest BCUT2D eigenvalue weighted by atomic mass is 16.5. The van der Waals surface area contributed by atoms with Gasteiger partial charge in [-0.3, -0.25) is 0 Å². The molecule has 4 aromatic rings. The molecule has 6 heteroatoms. The molecule has 1 aromatic heterocycles. The van der Waals surface area contributed by atoms with E-state index in [0.717, 1.165) is 39.0 Å². The Morgan fingerprint density at radius 1 is 0.625 bits per heavy atom. The minimum Gasteiger partial charge on any atom is -0.493 e. The zero-order valence-corrected chi connectivity index (χ0v) is 18.7. The van der Waals surface area contributed by atoms with Gasteiger partial charge in [0.25, 0.3) is 0 Å². The molecule has 0 aliphatic rings. The van der Waals surface area contributed by atoms with E-state index < -0.39 is 0 Å². The first-order valence-electron chi connectivity index (χ1n) is 10.6. The molecular formula is C26H26N2O4. The third-order valence-corrected chi connectivity index (χ3v) is 5.17. The zero-order valence-electron chi connectivity index (χ0n) is 18.7. The Kier molecular flexibility index (Phi) is 6.40. The minimum atomic E-state index is 0.553. The number of methoxy groups -OCH3 is 2. The van der Waals surface area contributed by atoms with Gasteiger partial charge < -0.3 is 18.9 Å². The zero-order chi connectivity index (χ0) is 22.5. The van der Waals surface area contributed by atoms with Gasteiger partial charge in [0.05, 0.1) is 38.6 Å². The van der Waals surface area contributed by atoms with Crippen LogP contribution in [0.1, 0.15) is 13.8 Å². The molecule has 0 saturated carbocycles. The van der Waals surface area contributed by atoms with Crippen molar-refractivity contribution in [3.05, 3.63) is 60.9 Å². The predicted octanol–water partition coefficient (Wildman–Crippen LogP) is 5.78. The molecule has 0 N–H and O–H groups in total. The molecule has 0 fully saturated rings. The summed E-state index contributed by atoms with van der Waals surface area (Å²) in [4.78, 5) is 9.05. The second-order valence-electron chi connectivity index (χ2n) is 7.05. The van der Waals surface area contributed by atoms with Gasteiger partial charge >= 0.3 is 0 Å². The van der Waals surface area contributed by atoms with Crippen LogP contribution in [0.3, 0.4) is 0 Å². The molecule has 0 atom stereocenters. The molecule has 4 rings (SSSR count). The second-order valence-corrected chi connectivity index (χ2v) is 7.05. The highest BCUT2D eigenvalue weighted by Crippen LogP contribution is 2.37. The van der Waals surface area contributed by atoms with Gasteiger partial charge in [0, 0.05) is 10.9 Å². The van der Waals surface area contributed by atoms with Crippen molar-refractivity contribution in [2.45, 2.75) is 13.8 Å². The summed E-state index contributed by atoms with van der Waals surface area (Å²) >= 11 is 0. The fourth-order valence-electron chi connectivity index (χ4n) is 3.68. The Bertz CT molecular complexity index is 1240. The maximum absolute atomic E-state index is 5.81. The summed E-state index contributed by atoms with van der Waals surface area (Å²) in [5.74, 6) is 2.80. The van der Waals surface area contributed by atoms with Crippen LogP contribution in [0.15, 0.2) is 60.9 Å². The molecule has 0 unspecified atom stereocenters. The van der Waals surface area contributed by atoms with E-state index in [1.807, 2.05) is 62.4 Å². The van der Waals surface area contributed by atoms with Gasteiger partial charge in [0.1, 0.15) is 6.33 Å². The van der Waals surface area contributed by atoms with Crippen molar-refractivity contribution in [3.8, 4) is 45.4 Å². The van der Waals surface area contributed by atoms with Gasteiger partial charge in [-0.05, 0) is 67.4 Å². The third-order valence-electron chi connectivity index (χ3n) is 5.17. The second kappa shape index (κ2) is 9.56. The minimum absolute atomic E-state index is 0.553. The average molecular weight is 431 g/mol. The monoisotopic (exact) mass is 430 g/mol. The maximum Gasteiger partial charge on any atom is 0.161 e. The SMILES string of the molecule is CCOc1ccc(-c2ncnc3ccc(-c4ccc(OC)c(OC)c4)cc23)cc1OCC. The van der Waals surface area contributed by atoms with Crippen LogP contribution in [0, 0.1) is 0 Å². The maximum atomic E-state index is 5.81. The van der Waals surface area contributed by atoms with E-state index in [-0.39, 0.29) is 0 Å². The van der Waals surface area contributed by atoms with Crippen LogP contribution in [0.2, 0.25) is 0 Å². The van der Waals surface area contributed by atoms with E-state index in [2.05, 4.69) is 16.0 Å². The van der Waals surface area contributed by atoms with Gasteiger partial charge in [-0.1, -0.05) is 12.1 Å². The first-order chi connectivity index (χ1) is 15.7. The summed E-state index contributed by atoms with van der Waals surface area (Å²) in [5, 5.41) is 0.950. The van der Waals surface area contributed by atoms with Crippen LogP contribution >= 0.6 is 0 Å².